The van der Waals surface area contributed by atoms with Crippen LogP contribution >= 0.6 is 11.6 Å². The summed E-state index contributed by atoms with van der Waals surface area (Å²) < 4.78 is 5.28. The minimum atomic E-state index is -0.480. The molecule has 2 N–H and O–H groups in total. The molecular formula is C17H27ClN2O2. The SMILES string of the molecule is CCC(CNC(C)c1ccc(Cl)cc1)NC(=O)OC(C)(C)C. The minimum Gasteiger partial charge on any atom is -0.444 e. The lowest BCUT2D eigenvalue weighted by molar-refractivity contribution is 0.0502. The van der Waals surface area contributed by atoms with Crippen LogP contribution in [0.3, 0.4) is 0 Å². The van der Waals surface area contributed by atoms with Crippen LogP contribution in [0.1, 0.15) is 52.6 Å². The van der Waals surface area contributed by atoms with Crippen molar-refractivity contribution in [3.63, 3.8) is 0 Å². The average molecular weight is 327 g/mol. The van der Waals surface area contributed by atoms with Gasteiger partial charge in [0.1, 0.15) is 5.60 Å². The van der Waals surface area contributed by atoms with Crippen LogP contribution in [0.4, 0.5) is 4.79 Å². The molecule has 0 fully saturated rings. The van der Waals surface area contributed by atoms with E-state index in [0.717, 1.165) is 17.0 Å². The molecule has 0 bridgehead atoms. The van der Waals surface area contributed by atoms with E-state index in [4.69, 9.17) is 16.3 Å². The summed E-state index contributed by atoms with van der Waals surface area (Å²) in [7, 11) is 0. The highest BCUT2D eigenvalue weighted by molar-refractivity contribution is 6.30. The molecule has 0 saturated heterocycles. The van der Waals surface area contributed by atoms with Crippen molar-refractivity contribution in [2.45, 2.75) is 58.7 Å². The normalized spacial score (nSPS) is 14.3. The molecule has 0 aromatic heterocycles. The van der Waals surface area contributed by atoms with Crippen molar-refractivity contribution >= 4 is 17.7 Å². The van der Waals surface area contributed by atoms with Gasteiger partial charge in [-0.05, 0) is 51.8 Å². The number of alkyl carbamates (subject to hydrolysis) is 1. The number of hydrogen-bond acceptors (Lipinski definition) is 3. The molecule has 2 unspecified atom stereocenters. The summed E-state index contributed by atoms with van der Waals surface area (Å²) in [6.45, 7) is 10.4. The highest BCUT2D eigenvalue weighted by Crippen LogP contribution is 2.16. The second-order valence-corrected chi connectivity index (χ2v) is 6.87. The van der Waals surface area contributed by atoms with Gasteiger partial charge in [-0.15, -0.1) is 0 Å². The highest BCUT2D eigenvalue weighted by Gasteiger charge is 2.19. The largest absolute Gasteiger partial charge is 0.444 e. The third-order valence-electron chi connectivity index (χ3n) is 3.25. The molecule has 22 heavy (non-hydrogen) atoms. The van der Waals surface area contributed by atoms with Crippen LogP contribution in [-0.2, 0) is 4.74 Å². The van der Waals surface area contributed by atoms with E-state index in [0.29, 0.717) is 6.54 Å². The van der Waals surface area contributed by atoms with Crippen LogP contribution in [0.2, 0.25) is 5.02 Å². The molecule has 5 heteroatoms. The van der Waals surface area contributed by atoms with Crippen LogP contribution in [0.25, 0.3) is 0 Å². The molecule has 0 aliphatic carbocycles. The standard InChI is InChI=1S/C17H27ClN2O2/c1-6-15(20-16(21)22-17(3,4)5)11-19-12(2)13-7-9-14(18)10-8-13/h7-10,12,15,19H,6,11H2,1-5H3,(H,20,21). The van der Waals surface area contributed by atoms with Crippen molar-refractivity contribution in [1.29, 1.82) is 0 Å². The van der Waals surface area contributed by atoms with Crippen LogP contribution in [-0.4, -0.2) is 24.3 Å². The van der Waals surface area contributed by atoms with Crippen LogP contribution < -0.4 is 10.6 Å². The fourth-order valence-electron chi connectivity index (χ4n) is 1.96. The Hall–Kier alpha value is -1.26. The Morgan fingerprint density at radius 2 is 1.86 bits per heavy atom. The summed E-state index contributed by atoms with van der Waals surface area (Å²) in [6.07, 6.45) is 0.458. The number of ether oxygens (including phenoxy) is 1. The van der Waals surface area contributed by atoms with E-state index in [1.54, 1.807) is 0 Å². The molecule has 1 aromatic carbocycles. The number of carbonyl (C=O) groups is 1. The second-order valence-electron chi connectivity index (χ2n) is 6.43. The number of rotatable bonds is 6. The van der Waals surface area contributed by atoms with Gasteiger partial charge in [-0.3, -0.25) is 0 Å². The van der Waals surface area contributed by atoms with Crippen LogP contribution in [0.15, 0.2) is 24.3 Å². The van der Waals surface area contributed by atoms with Gasteiger partial charge in [0, 0.05) is 23.7 Å². The molecule has 0 aliphatic heterocycles. The maximum absolute atomic E-state index is 11.8. The van der Waals surface area contributed by atoms with Gasteiger partial charge in [0.2, 0.25) is 0 Å². The molecule has 1 rings (SSSR count). The molecule has 1 amide bonds. The van der Waals surface area contributed by atoms with Gasteiger partial charge in [-0.2, -0.15) is 0 Å². The zero-order chi connectivity index (χ0) is 16.8. The van der Waals surface area contributed by atoms with E-state index in [-0.39, 0.29) is 18.2 Å². The van der Waals surface area contributed by atoms with E-state index in [2.05, 4.69) is 17.6 Å². The van der Waals surface area contributed by atoms with Gasteiger partial charge >= 0.3 is 6.09 Å². The summed E-state index contributed by atoms with van der Waals surface area (Å²) in [4.78, 5) is 11.8. The Morgan fingerprint density at radius 1 is 1.27 bits per heavy atom. The lowest BCUT2D eigenvalue weighted by Crippen LogP contribution is -2.44. The van der Waals surface area contributed by atoms with Crippen molar-refractivity contribution in [3.8, 4) is 0 Å². The zero-order valence-electron chi connectivity index (χ0n) is 14.1. The van der Waals surface area contributed by atoms with Crippen molar-refractivity contribution in [2.75, 3.05) is 6.54 Å². The number of halogens is 1. The summed E-state index contributed by atoms with van der Waals surface area (Å²) in [5, 5.41) is 7.05. The van der Waals surface area contributed by atoms with Gasteiger partial charge in [0.15, 0.2) is 0 Å². The van der Waals surface area contributed by atoms with Crippen LogP contribution in [0, 0.1) is 0 Å². The topological polar surface area (TPSA) is 50.4 Å². The maximum Gasteiger partial charge on any atom is 0.407 e. The maximum atomic E-state index is 11.8. The van der Waals surface area contributed by atoms with Gasteiger partial charge in [-0.1, -0.05) is 30.7 Å². The first-order chi connectivity index (χ1) is 10.2. The van der Waals surface area contributed by atoms with Gasteiger partial charge in [-0.25, -0.2) is 4.79 Å². The lowest BCUT2D eigenvalue weighted by atomic mass is 10.1. The fraction of sp³-hybridized carbons (Fsp3) is 0.588. The van der Waals surface area contributed by atoms with E-state index in [1.807, 2.05) is 52.0 Å². The van der Waals surface area contributed by atoms with Crippen molar-refractivity contribution < 1.29 is 9.53 Å². The predicted octanol–water partition coefficient (Wildman–Crippen LogP) is 4.29. The van der Waals surface area contributed by atoms with Crippen LogP contribution in [0.5, 0.6) is 0 Å². The molecule has 0 spiro atoms. The van der Waals surface area contributed by atoms with E-state index in [1.165, 1.54) is 0 Å². The van der Waals surface area contributed by atoms with Gasteiger partial charge in [0.25, 0.3) is 0 Å². The first-order valence-electron chi connectivity index (χ1n) is 7.69. The third kappa shape index (κ3) is 7.14. The van der Waals surface area contributed by atoms with Gasteiger partial charge in [0.05, 0.1) is 0 Å². The molecule has 0 heterocycles. The molecule has 0 aliphatic rings. The average Bonchev–Trinajstić information content (AvgIpc) is 2.41. The molecule has 124 valence electrons. The molecular weight excluding hydrogens is 300 g/mol. The molecule has 2 atom stereocenters. The lowest BCUT2D eigenvalue weighted by Gasteiger charge is -2.24. The number of hydrogen-bond donors (Lipinski definition) is 2. The summed E-state index contributed by atoms with van der Waals surface area (Å²) in [6, 6.07) is 7.98. The number of nitrogens with one attached hydrogen (secondary N) is 2. The van der Waals surface area contributed by atoms with Crippen molar-refractivity contribution in [1.82, 2.24) is 10.6 Å². The summed E-state index contributed by atoms with van der Waals surface area (Å²) in [5.74, 6) is 0. The van der Waals surface area contributed by atoms with E-state index < -0.39 is 5.60 Å². The highest BCUT2D eigenvalue weighted by atomic mass is 35.5. The Labute approximate surface area is 138 Å². The fourth-order valence-corrected chi connectivity index (χ4v) is 2.09. The zero-order valence-corrected chi connectivity index (χ0v) is 14.8. The summed E-state index contributed by atoms with van der Waals surface area (Å²) >= 11 is 5.89. The Bertz CT molecular complexity index is 469. The number of amides is 1. The van der Waals surface area contributed by atoms with E-state index in [9.17, 15) is 4.79 Å². The Balaban J connectivity index is 2.46. The van der Waals surface area contributed by atoms with Crippen molar-refractivity contribution in [3.05, 3.63) is 34.9 Å². The minimum absolute atomic E-state index is 0.0320. The Kier molecular flexibility index (Phi) is 7.17. The first kappa shape index (κ1) is 18.8. The first-order valence-corrected chi connectivity index (χ1v) is 8.07. The summed E-state index contributed by atoms with van der Waals surface area (Å²) in [5.41, 5.74) is 0.684. The third-order valence-corrected chi connectivity index (χ3v) is 3.51. The molecule has 0 radical (unpaired) electrons. The smallest absolute Gasteiger partial charge is 0.407 e. The monoisotopic (exact) mass is 326 g/mol. The number of benzene rings is 1. The Morgan fingerprint density at radius 3 is 2.36 bits per heavy atom. The van der Waals surface area contributed by atoms with E-state index >= 15 is 0 Å². The van der Waals surface area contributed by atoms with Gasteiger partial charge < -0.3 is 15.4 Å². The second kappa shape index (κ2) is 8.39. The quantitative estimate of drug-likeness (QED) is 0.819. The number of carbonyl (C=O) groups excluding carboxylic acids is 1. The van der Waals surface area contributed by atoms with Crippen molar-refractivity contribution in [2.24, 2.45) is 0 Å². The predicted molar refractivity (Wildman–Crippen MR) is 91.3 cm³/mol. The molecule has 1 aromatic rings. The molecule has 0 saturated carbocycles. The molecule has 4 nitrogen and oxygen atoms in total.